The lowest BCUT2D eigenvalue weighted by Crippen LogP contribution is -2.19. The molecule has 0 atom stereocenters. The number of aromatic nitrogens is 2. The van der Waals surface area contributed by atoms with Gasteiger partial charge in [-0.15, -0.1) is 0 Å². The molecular weight excluding hydrogens is 248 g/mol. The molecular formula is C16H22N4. The van der Waals surface area contributed by atoms with Crippen molar-refractivity contribution in [3.05, 3.63) is 47.8 Å². The summed E-state index contributed by atoms with van der Waals surface area (Å²) in [4.78, 5) is 2.53. The molecule has 1 N–H and O–H groups in total. The Morgan fingerprint density at radius 1 is 1.15 bits per heavy atom. The quantitative estimate of drug-likeness (QED) is 0.906. The van der Waals surface area contributed by atoms with Crippen LogP contribution in [0.3, 0.4) is 0 Å². The van der Waals surface area contributed by atoms with Gasteiger partial charge >= 0.3 is 0 Å². The molecule has 4 heteroatoms. The fourth-order valence-corrected chi connectivity index (χ4v) is 2.77. The van der Waals surface area contributed by atoms with Crippen LogP contribution in [0.2, 0.25) is 0 Å². The molecule has 1 fully saturated rings. The van der Waals surface area contributed by atoms with Crippen LogP contribution in [-0.4, -0.2) is 27.8 Å². The highest BCUT2D eigenvalue weighted by molar-refractivity contribution is 5.51. The van der Waals surface area contributed by atoms with E-state index in [0.717, 1.165) is 13.1 Å². The van der Waals surface area contributed by atoms with Gasteiger partial charge in [-0.1, -0.05) is 18.2 Å². The summed E-state index contributed by atoms with van der Waals surface area (Å²) in [6.45, 7) is 4.33. The Morgan fingerprint density at radius 3 is 2.70 bits per heavy atom. The lowest BCUT2D eigenvalue weighted by Gasteiger charge is -2.18. The summed E-state index contributed by atoms with van der Waals surface area (Å²) in [7, 11) is 1.98. The molecule has 0 spiro atoms. The summed E-state index contributed by atoms with van der Waals surface area (Å²) >= 11 is 0. The predicted octanol–water partition coefficient (Wildman–Crippen LogP) is 2.63. The number of nitrogens with zero attached hydrogens (tertiary/aromatic N) is 3. The van der Waals surface area contributed by atoms with Crippen LogP contribution in [0.1, 0.15) is 24.1 Å². The predicted molar refractivity (Wildman–Crippen MR) is 81.5 cm³/mol. The van der Waals surface area contributed by atoms with Gasteiger partial charge in [0.1, 0.15) is 0 Å². The summed E-state index contributed by atoms with van der Waals surface area (Å²) in [5.41, 5.74) is 3.82. The minimum Gasteiger partial charge on any atom is -0.379 e. The van der Waals surface area contributed by atoms with E-state index in [4.69, 9.17) is 0 Å². The number of likely N-dealkylation sites (tertiary alicyclic amines) is 1. The monoisotopic (exact) mass is 270 g/mol. The highest BCUT2D eigenvalue weighted by Gasteiger charge is 2.13. The second kappa shape index (κ2) is 6.09. The average molecular weight is 270 g/mol. The largest absolute Gasteiger partial charge is 0.379 e. The Labute approximate surface area is 120 Å². The number of anilines is 1. The molecule has 0 radical (unpaired) electrons. The van der Waals surface area contributed by atoms with Crippen LogP contribution < -0.4 is 5.32 Å². The second-order valence-corrected chi connectivity index (χ2v) is 5.44. The van der Waals surface area contributed by atoms with Gasteiger partial charge in [-0.2, -0.15) is 5.10 Å². The van der Waals surface area contributed by atoms with E-state index in [2.05, 4.69) is 45.6 Å². The first-order valence-corrected chi connectivity index (χ1v) is 7.34. The smallest absolute Gasteiger partial charge is 0.0571 e. The third kappa shape index (κ3) is 3.02. The van der Waals surface area contributed by atoms with Gasteiger partial charge in [0, 0.05) is 25.5 Å². The normalized spacial score (nSPS) is 15.7. The molecule has 0 bridgehead atoms. The van der Waals surface area contributed by atoms with Gasteiger partial charge in [-0.3, -0.25) is 9.58 Å². The van der Waals surface area contributed by atoms with Gasteiger partial charge in [0.05, 0.1) is 12.2 Å². The molecule has 4 nitrogen and oxygen atoms in total. The van der Waals surface area contributed by atoms with Crippen LogP contribution in [0.15, 0.2) is 36.5 Å². The molecule has 3 rings (SSSR count). The fraction of sp³-hybridized carbons (Fsp3) is 0.438. The van der Waals surface area contributed by atoms with Gasteiger partial charge in [0.25, 0.3) is 0 Å². The van der Waals surface area contributed by atoms with Gasteiger partial charge < -0.3 is 5.32 Å². The Hall–Kier alpha value is -1.81. The molecule has 1 aliphatic heterocycles. The lowest BCUT2D eigenvalue weighted by atomic mass is 10.1. The first-order chi connectivity index (χ1) is 9.83. The van der Waals surface area contributed by atoms with Crippen molar-refractivity contribution in [3.8, 4) is 0 Å². The van der Waals surface area contributed by atoms with Crippen molar-refractivity contribution in [2.75, 3.05) is 18.4 Å². The zero-order valence-electron chi connectivity index (χ0n) is 12.0. The first-order valence-electron chi connectivity index (χ1n) is 7.34. The summed E-state index contributed by atoms with van der Waals surface area (Å²) in [5.74, 6) is 0. The fourth-order valence-electron chi connectivity index (χ4n) is 2.77. The number of benzene rings is 1. The maximum atomic E-state index is 4.20. The van der Waals surface area contributed by atoms with Gasteiger partial charge in [-0.05, 0) is 43.6 Å². The molecule has 0 amide bonds. The SMILES string of the molecule is Cn1nccc1CNc1ccccc1CN1CCCC1. The molecule has 20 heavy (non-hydrogen) atoms. The zero-order valence-corrected chi connectivity index (χ0v) is 12.0. The van der Waals surface area contributed by atoms with Crippen molar-refractivity contribution in [1.29, 1.82) is 0 Å². The summed E-state index contributed by atoms with van der Waals surface area (Å²) in [5, 5.41) is 7.75. The number of aryl methyl sites for hydroxylation is 1. The highest BCUT2D eigenvalue weighted by atomic mass is 15.3. The topological polar surface area (TPSA) is 33.1 Å². The average Bonchev–Trinajstić information content (AvgIpc) is 3.10. The standard InChI is InChI=1S/C16H22N4/c1-19-15(8-9-18-19)12-17-16-7-3-2-6-14(16)13-20-10-4-5-11-20/h2-3,6-9,17H,4-5,10-13H2,1H3. The van der Waals surface area contributed by atoms with E-state index in [-0.39, 0.29) is 0 Å². The van der Waals surface area contributed by atoms with Crippen molar-refractivity contribution >= 4 is 5.69 Å². The van der Waals surface area contributed by atoms with E-state index in [1.807, 2.05) is 17.9 Å². The van der Waals surface area contributed by atoms with Crippen LogP contribution in [0.4, 0.5) is 5.69 Å². The van der Waals surface area contributed by atoms with E-state index in [1.54, 1.807) is 0 Å². The van der Waals surface area contributed by atoms with Crippen LogP contribution in [0, 0.1) is 0 Å². The van der Waals surface area contributed by atoms with Gasteiger partial charge in [-0.25, -0.2) is 0 Å². The Balaban J connectivity index is 1.67. The Bertz CT molecular complexity index is 555. The molecule has 1 aliphatic rings. The maximum Gasteiger partial charge on any atom is 0.0571 e. The summed E-state index contributed by atoms with van der Waals surface area (Å²) in [6, 6.07) is 10.7. The van der Waals surface area contributed by atoms with Crippen LogP contribution >= 0.6 is 0 Å². The van der Waals surface area contributed by atoms with Crippen LogP contribution in [0.5, 0.6) is 0 Å². The number of hydrogen-bond acceptors (Lipinski definition) is 3. The van der Waals surface area contributed by atoms with Gasteiger partial charge in [0.2, 0.25) is 0 Å². The number of hydrogen-bond donors (Lipinski definition) is 1. The highest BCUT2D eigenvalue weighted by Crippen LogP contribution is 2.20. The van der Waals surface area contributed by atoms with Crippen molar-refractivity contribution in [1.82, 2.24) is 14.7 Å². The third-order valence-electron chi connectivity index (χ3n) is 3.99. The van der Waals surface area contributed by atoms with E-state index in [9.17, 15) is 0 Å². The summed E-state index contributed by atoms with van der Waals surface area (Å²) < 4.78 is 1.91. The Kier molecular flexibility index (Phi) is 4.02. The van der Waals surface area contributed by atoms with Crippen molar-refractivity contribution in [2.45, 2.75) is 25.9 Å². The van der Waals surface area contributed by atoms with E-state index < -0.39 is 0 Å². The van der Waals surface area contributed by atoms with Crippen molar-refractivity contribution < 1.29 is 0 Å². The minimum absolute atomic E-state index is 0.813. The lowest BCUT2D eigenvalue weighted by molar-refractivity contribution is 0.332. The molecule has 0 saturated carbocycles. The van der Waals surface area contributed by atoms with Crippen LogP contribution in [0.25, 0.3) is 0 Å². The van der Waals surface area contributed by atoms with Crippen molar-refractivity contribution in [3.63, 3.8) is 0 Å². The zero-order chi connectivity index (χ0) is 13.8. The third-order valence-corrected chi connectivity index (χ3v) is 3.99. The van der Waals surface area contributed by atoms with Crippen LogP contribution in [-0.2, 0) is 20.1 Å². The molecule has 0 aliphatic carbocycles. The van der Waals surface area contributed by atoms with E-state index in [1.165, 1.54) is 42.9 Å². The van der Waals surface area contributed by atoms with E-state index >= 15 is 0 Å². The molecule has 1 saturated heterocycles. The molecule has 106 valence electrons. The first kappa shape index (κ1) is 13.2. The van der Waals surface area contributed by atoms with Gasteiger partial charge in [0.15, 0.2) is 0 Å². The number of nitrogens with one attached hydrogen (secondary N) is 1. The Morgan fingerprint density at radius 2 is 1.95 bits per heavy atom. The molecule has 2 aromatic rings. The van der Waals surface area contributed by atoms with E-state index in [0.29, 0.717) is 0 Å². The molecule has 1 aromatic heterocycles. The number of para-hydroxylation sites is 1. The molecule has 1 aromatic carbocycles. The molecule has 2 heterocycles. The number of rotatable bonds is 5. The van der Waals surface area contributed by atoms with Crippen molar-refractivity contribution in [2.24, 2.45) is 7.05 Å². The molecule has 0 unspecified atom stereocenters. The maximum absolute atomic E-state index is 4.20. The summed E-state index contributed by atoms with van der Waals surface area (Å²) in [6.07, 6.45) is 4.52. The second-order valence-electron chi connectivity index (χ2n) is 5.44. The minimum atomic E-state index is 0.813.